The zero-order valence-corrected chi connectivity index (χ0v) is 10.7. The van der Waals surface area contributed by atoms with Gasteiger partial charge in [0.1, 0.15) is 0 Å². The van der Waals surface area contributed by atoms with E-state index in [1.807, 2.05) is 0 Å². The molecule has 17 heavy (non-hydrogen) atoms. The number of rotatable bonds is 2. The van der Waals surface area contributed by atoms with Gasteiger partial charge in [0, 0.05) is 16.7 Å². The average Bonchev–Trinajstić information content (AvgIpc) is 2.06. The van der Waals surface area contributed by atoms with Crippen molar-refractivity contribution in [3.8, 4) is 11.6 Å². The molecule has 0 radical (unpaired) electrons. The average molecular weight is 357 g/mol. The summed E-state index contributed by atoms with van der Waals surface area (Å²) in [6.45, 7) is 0. The van der Waals surface area contributed by atoms with Gasteiger partial charge in [-0.2, -0.15) is 4.98 Å². The third-order valence-corrected chi connectivity index (χ3v) is 3.13. The van der Waals surface area contributed by atoms with Crippen LogP contribution in [-0.2, 0) is 9.05 Å². The molecule has 0 fully saturated rings. The molecular weight excluding hydrogens is 354 g/mol. The van der Waals surface area contributed by atoms with E-state index in [0.717, 1.165) is 0 Å². The van der Waals surface area contributed by atoms with Crippen LogP contribution in [0.3, 0.4) is 0 Å². The fourth-order valence-corrected chi connectivity index (χ4v) is 2.18. The van der Waals surface area contributed by atoms with Crippen molar-refractivity contribution in [1.82, 2.24) is 4.98 Å². The minimum atomic E-state index is -5.04. The van der Waals surface area contributed by atoms with Gasteiger partial charge < -0.3 is 9.84 Å². The zero-order valence-electron chi connectivity index (χ0n) is 7.49. The van der Waals surface area contributed by atoms with Gasteiger partial charge in [-0.25, -0.2) is 8.42 Å². The van der Waals surface area contributed by atoms with E-state index in [1.165, 1.54) is 0 Å². The Morgan fingerprint density at radius 1 is 1.47 bits per heavy atom. The second-order valence-electron chi connectivity index (χ2n) is 2.58. The van der Waals surface area contributed by atoms with E-state index < -0.39 is 32.1 Å². The summed E-state index contributed by atoms with van der Waals surface area (Å²) in [6.07, 6.45) is -5.04. The number of pyridine rings is 1. The summed E-state index contributed by atoms with van der Waals surface area (Å²) in [4.78, 5) is 2.95. The molecule has 0 aliphatic carbocycles. The topological polar surface area (TPSA) is 76.5 Å². The SMILES string of the molecule is O=S(=O)(Cl)c1nc(OC(F)(F)F)cc(Br)c1O. The Bertz CT molecular complexity index is 547. The molecule has 0 amide bonds. The number of aromatic hydroxyl groups is 1. The number of halogens is 5. The second kappa shape index (κ2) is 4.50. The van der Waals surface area contributed by atoms with Crippen LogP contribution in [0.15, 0.2) is 15.6 Å². The molecule has 0 bridgehead atoms. The van der Waals surface area contributed by atoms with Gasteiger partial charge in [0.25, 0.3) is 9.05 Å². The van der Waals surface area contributed by atoms with E-state index in [1.54, 1.807) is 0 Å². The van der Waals surface area contributed by atoms with Crippen LogP contribution in [0.2, 0.25) is 0 Å². The Morgan fingerprint density at radius 3 is 2.41 bits per heavy atom. The summed E-state index contributed by atoms with van der Waals surface area (Å²) < 4.78 is 60.5. The van der Waals surface area contributed by atoms with Gasteiger partial charge in [-0.05, 0) is 15.9 Å². The molecule has 0 saturated heterocycles. The highest BCUT2D eigenvalue weighted by Gasteiger charge is 2.33. The highest BCUT2D eigenvalue weighted by Crippen LogP contribution is 2.35. The lowest BCUT2D eigenvalue weighted by Gasteiger charge is -2.10. The van der Waals surface area contributed by atoms with Gasteiger partial charge >= 0.3 is 6.36 Å². The van der Waals surface area contributed by atoms with Crippen LogP contribution in [0.4, 0.5) is 13.2 Å². The number of hydrogen-bond donors (Lipinski definition) is 1. The number of alkyl halides is 3. The molecule has 1 aromatic heterocycles. The molecule has 5 nitrogen and oxygen atoms in total. The minimum Gasteiger partial charge on any atom is -0.504 e. The Balaban J connectivity index is 3.35. The van der Waals surface area contributed by atoms with Gasteiger partial charge in [0.2, 0.25) is 10.9 Å². The fourth-order valence-electron chi connectivity index (χ4n) is 0.805. The van der Waals surface area contributed by atoms with Crippen LogP contribution in [0.5, 0.6) is 11.6 Å². The van der Waals surface area contributed by atoms with E-state index >= 15 is 0 Å². The molecule has 0 aromatic carbocycles. The summed E-state index contributed by atoms with van der Waals surface area (Å²) in [7, 11) is 0.371. The first kappa shape index (κ1) is 14.3. The van der Waals surface area contributed by atoms with Gasteiger partial charge in [0.05, 0.1) is 4.47 Å². The van der Waals surface area contributed by atoms with E-state index in [0.29, 0.717) is 6.07 Å². The number of hydrogen-bond acceptors (Lipinski definition) is 5. The highest BCUT2D eigenvalue weighted by atomic mass is 79.9. The molecular formula is C6H2BrClF3NO4S. The molecule has 0 saturated carbocycles. The van der Waals surface area contributed by atoms with E-state index in [4.69, 9.17) is 10.7 Å². The largest absolute Gasteiger partial charge is 0.574 e. The molecule has 0 spiro atoms. The highest BCUT2D eigenvalue weighted by molar-refractivity contribution is 9.10. The third kappa shape index (κ3) is 3.89. The van der Waals surface area contributed by atoms with Gasteiger partial charge in [0.15, 0.2) is 5.75 Å². The zero-order chi connectivity index (χ0) is 13.4. The lowest BCUT2D eigenvalue weighted by Crippen LogP contribution is -2.18. The molecule has 1 aromatic rings. The molecule has 1 rings (SSSR count). The maximum Gasteiger partial charge on any atom is 0.574 e. The van der Waals surface area contributed by atoms with Crippen molar-refractivity contribution in [2.45, 2.75) is 11.4 Å². The van der Waals surface area contributed by atoms with Crippen molar-refractivity contribution in [2.75, 3.05) is 0 Å². The Labute approximate surface area is 106 Å². The molecule has 1 heterocycles. The lowest BCUT2D eigenvalue weighted by molar-refractivity contribution is -0.276. The van der Waals surface area contributed by atoms with Crippen LogP contribution in [0.1, 0.15) is 0 Å². The van der Waals surface area contributed by atoms with Crippen molar-refractivity contribution in [3.05, 3.63) is 10.5 Å². The van der Waals surface area contributed by atoms with Crippen LogP contribution in [-0.4, -0.2) is 24.9 Å². The van der Waals surface area contributed by atoms with Crippen LogP contribution in [0.25, 0.3) is 0 Å². The predicted molar refractivity (Wildman–Crippen MR) is 53.3 cm³/mol. The summed E-state index contributed by atoms with van der Waals surface area (Å²) >= 11 is 2.64. The first-order chi connectivity index (χ1) is 7.50. The molecule has 0 unspecified atom stereocenters. The monoisotopic (exact) mass is 355 g/mol. The third-order valence-electron chi connectivity index (χ3n) is 1.34. The van der Waals surface area contributed by atoms with Crippen molar-refractivity contribution < 1.29 is 31.4 Å². The van der Waals surface area contributed by atoms with Gasteiger partial charge in [-0.3, -0.25) is 0 Å². The maximum absolute atomic E-state index is 11.9. The fraction of sp³-hybridized carbons (Fsp3) is 0.167. The standard InChI is InChI=1S/C6H2BrClF3NO4S/c7-2-1-3(16-6(9,10)11)12-5(4(2)13)17(8,14)15/h1,13H. The predicted octanol–water partition coefficient (Wildman–Crippen LogP) is 2.38. The minimum absolute atomic E-state index is 0.356. The first-order valence-electron chi connectivity index (χ1n) is 3.60. The molecule has 11 heteroatoms. The number of nitrogens with zero attached hydrogens (tertiary/aromatic N) is 1. The Morgan fingerprint density at radius 2 is 2.00 bits per heavy atom. The summed E-state index contributed by atoms with van der Waals surface area (Å²) in [5.74, 6) is -1.98. The van der Waals surface area contributed by atoms with E-state index in [9.17, 15) is 26.7 Å². The van der Waals surface area contributed by atoms with Crippen molar-refractivity contribution in [2.24, 2.45) is 0 Å². The smallest absolute Gasteiger partial charge is 0.504 e. The van der Waals surface area contributed by atoms with Gasteiger partial charge in [-0.1, -0.05) is 0 Å². The molecule has 0 aliphatic rings. The maximum atomic E-state index is 11.9. The normalized spacial score (nSPS) is 12.5. The molecule has 1 N–H and O–H groups in total. The Kier molecular flexibility index (Phi) is 3.79. The quantitative estimate of drug-likeness (QED) is 0.823. The van der Waals surface area contributed by atoms with E-state index in [2.05, 4.69) is 25.7 Å². The van der Waals surface area contributed by atoms with Crippen LogP contribution < -0.4 is 4.74 Å². The van der Waals surface area contributed by atoms with Crippen LogP contribution >= 0.6 is 26.6 Å². The van der Waals surface area contributed by atoms with Crippen molar-refractivity contribution in [3.63, 3.8) is 0 Å². The van der Waals surface area contributed by atoms with Gasteiger partial charge in [-0.15, -0.1) is 13.2 Å². The molecule has 0 aliphatic heterocycles. The lowest BCUT2D eigenvalue weighted by atomic mass is 10.4. The van der Waals surface area contributed by atoms with Crippen LogP contribution in [0, 0.1) is 0 Å². The number of aromatic nitrogens is 1. The molecule has 0 atom stereocenters. The number of ether oxygens (including phenoxy) is 1. The summed E-state index contributed by atoms with van der Waals surface area (Å²) in [5, 5.41) is 8.11. The second-order valence-corrected chi connectivity index (χ2v) is 5.92. The summed E-state index contributed by atoms with van der Waals surface area (Å²) in [6, 6.07) is 0.647. The van der Waals surface area contributed by atoms with Crippen molar-refractivity contribution >= 4 is 35.7 Å². The Hall–Kier alpha value is -0.740. The summed E-state index contributed by atoms with van der Waals surface area (Å²) in [5.41, 5.74) is 0. The van der Waals surface area contributed by atoms with Crippen molar-refractivity contribution in [1.29, 1.82) is 0 Å². The van der Waals surface area contributed by atoms with E-state index in [-0.39, 0.29) is 4.47 Å². The first-order valence-corrected chi connectivity index (χ1v) is 6.71. The molecule has 96 valence electrons.